The quantitative estimate of drug-likeness (QED) is 0.793. The smallest absolute Gasteiger partial charge is 0.214 e. The van der Waals surface area contributed by atoms with E-state index in [4.69, 9.17) is 9.84 Å². The molecule has 0 atom stereocenters. The summed E-state index contributed by atoms with van der Waals surface area (Å²) in [4.78, 5) is 6.40. The van der Waals surface area contributed by atoms with Gasteiger partial charge in [-0.25, -0.2) is 0 Å². The van der Waals surface area contributed by atoms with Gasteiger partial charge in [0, 0.05) is 19.2 Å². The van der Waals surface area contributed by atoms with Gasteiger partial charge in [0.15, 0.2) is 0 Å². The Hall–Kier alpha value is -1.29. The number of methoxy groups -OCH3 is 1. The van der Waals surface area contributed by atoms with Crippen molar-refractivity contribution >= 4 is 5.82 Å². The predicted octanol–water partition coefficient (Wildman–Crippen LogP) is 1.22. The summed E-state index contributed by atoms with van der Waals surface area (Å²) in [5.41, 5.74) is 1.09. The van der Waals surface area contributed by atoms with E-state index in [1.165, 1.54) is 0 Å². The van der Waals surface area contributed by atoms with Crippen LogP contribution >= 0.6 is 0 Å². The largest absolute Gasteiger partial charge is 0.481 e. The molecule has 0 spiro atoms. The highest BCUT2D eigenvalue weighted by Crippen LogP contribution is 2.20. The van der Waals surface area contributed by atoms with Crippen LogP contribution in [0.4, 0.5) is 5.82 Å². The van der Waals surface area contributed by atoms with Crippen LogP contribution in [-0.4, -0.2) is 36.9 Å². The summed E-state index contributed by atoms with van der Waals surface area (Å²) >= 11 is 0. The molecule has 0 unspecified atom stereocenters. The van der Waals surface area contributed by atoms with E-state index in [1.54, 1.807) is 7.11 Å². The summed E-state index contributed by atoms with van der Waals surface area (Å²) in [6.07, 6.45) is 0. The van der Waals surface area contributed by atoms with E-state index >= 15 is 0 Å². The molecular weight excluding hydrogens is 192 g/mol. The van der Waals surface area contributed by atoms with E-state index in [0.29, 0.717) is 12.4 Å². The van der Waals surface area contributed by atoms with Gasteiger partial charge in [0.2, 0.25) is 5.88 Å². The van der Waals surface area contributed by atoms with Crippen LogP contribution in [0.1, 0.15) is 12.5 Å². The first kappa shape index (κ1) is 11.8. The lowest BCUT2D eigenvalue weighted by Gasteiger charge is -2.22. The first-order valence-electron chi connectivity index (χ1n) is 5.10. The molecule has 15 heavy (non-hydrogen) atoms. The number of ether oxygens (including phenoxy) is 1. The molecule has 4 heteroatoms. The normalized spacial score (nSPS) is 10.1. The minimum absolute atomic E-state index is 0.131. The summed E-state index contributed by atoms with van der Waals surface area (Å²) in [5.74, 6) is 1.48. The standard InChI is InChI=1S/C11H18N2O2/c1-4-13(7-8-14)11-9(2)5-6-10(12-11)15-3/h5-6,14H,4,7-8H2,1-3H3. The van der Waals surface area contributed by atoms with Gasteiger partial charge in [0.1, 0.15) is 5.82 Å². The van der Waals surface area contributed by atoms with Crippen LogP contribution in [-0.2, 0) is 0 Å². The number of nitrogens with zero attached hydrogens (tertiary/aromatic N) is 2. The van der Waals surface area contributed by atoms with Crippen LogP contribution < -0.4 is 9.64 Å². The lowest BCUT2D eigenvalue weighted by molar-refractivity contribution is 0.302. The number of aliphatic hydroxyl groups excluding tert-OH is 1. The van der Waals surface area contributed by atoms with Crippen LogP contribution in [0, 0.1) is 6.92 Å². The second-order valence-corrected chi connectivity index (χ2v) is 3.30. The molecule has 0 aliphatic heterocycles. The van der Waals surface area contributed by atoms with Crippen molar-refractivity contribution in [3.05, 3.63) is 17.7 Å². The number of aliphatic hydroxyl groups is 1. The Kier molecular flexibility index (Phi) is 4.37. The zero-order valence-corrected chi connectivity index (χ0v) is 9.53. The van der Waals surface area contributed by atoms with Gasteiger partial charge in [0.05, 0.1) is 13.7 Å². The number of aryl methyl sites for hydroxylation is 1. The van der Waals surface area contributed by atoms with Crippen LogP contribution in [0.25, 0.3) is 0 Å². The maximum atomic E-state index is 8.95. The van der Waals surface area contributed by atoms with Gasteiger partial charge in [-0.15, -0.1) is 0 Å². The van der Waals surface area contributed by atoms with Crippen molar-refractivity contribution < 1.29 is 9.84 Å². The third-order valence-electron chi connectivity index (χ3n) is 2.31. The fraction of sp³-hybridized carbons (Fsp3) is 0.545. The minimum Gasteiger partial charge on any atom is -0.481 e. The third-order valence-corrected chi connectivity index (χ3v) is 2.31. The van der Waals surface area contributed by atoms with Crippen LogP contribution in [0.15, 0.2) is 12.1 Å². The van der Waals surface area contributed by atoms with Gasteiger partial charge >= 0.3 is 0 Å². The topological polar surface area (TPSA) is 45.6 Å². The molecule has 84 valence electrons. The first-order chi connectivity index (χ1) is 7.22. The van der Waals surface area contributed by atoms with E-state index in [0.717, 1.165) is 17.9 Å². The molecule has 0 aromatic carbocycles. The van der Waals surface area contributed by atoms with E-state index in [2.05, 4.69) is 4.98 Å². The molecule has 1 N–H and O–H groups in total. The predicted molar refractivity (Wildman–Crippen MR) is 60.5 cm³/mol. The summed E-state index contributed by atoms with van der Waals surface area (Å²) in [6.45, 7) is 5.59. The SMILES string of the molecule is CCN(CCO)c1nc(OC)ccc1C. The fourth-order valence-electron chi connectivity index (χ4n) is 1.47. The molecule has 4 nitrogen and oxygen atoms in total. The lowest BCUT2D eigenvalue weighted by Crippen LogP contribution is -2.27. The molecule has 1 heterocycles. The number of rotatable bonds is 5. The Balaban J connectivity index is 2.98. The molecule has 0 radical (unpaired) electrons. The molecule has 0 bridgehead atoms. The summed E-state index contributed by atoms with van der Waals surface area (Å²) in [5, 5.41) is 8.95. The number of anilines is 1. The zero-order chi connectivity index (χ0) is 11.3. The van der Waals surface area contributed by atoms with Crippen molar-refractivity contribution in [3.8, 4) is 5.88 Å². The monoisotopic (exact) mass is 210 g/mol. The molecule has 1 rings (SSSR count). The molecular formula is C11H18N2O2. The molecule has 1 aromatic heterocycles. The number of hydrogen-bond acceptors (Lipinski definition) is 4. The Morgan fingerprint density at radius 2 is 2.20 bits per heavy atom. The second kappa shape index (κ2) is 5.56. The average molecular weight is 210 g/mol. The maximum absolute atomic E-state index is 8.95. The number of aromatic nitrogens is 1. The van der Waals surface area contributed by atoms with Crippen molar-refractivity contribution in [3.63, 3.8) is 0 Å². The van der Waals surface area contributed by atoms with E-state index < -0.39 is 0 Å². The van der Waals surface area contributed by atoms with Gasteiger partial charge in [-0.2, -0.15) is 4.98 Å². The number of likely N-dealkylation sites (N-methyl/N-ethyl adjacent to an activating group) is 1. The Bertz CT molecular complexity index is 315. The van der Waals surface area contributed by atoms with Crippen LogP contribution in [0.2, 0.25) is 0 Å². The number of hydrogen-bond donors (Lipinski definition) is 1. The third kappa shape index (κ3) is 2.83. The highest BCUT2D eigenvalue weighted by molar-refractivity contribution is 5.48. The van der Waals surface area contributed by atoms with Gasteiger partial charge in [0.25, 0.3) is 0 Å². The average Bonchev–Trinajstić information content (AvgIpc) is 2.27. The highest BCUT2D eigenvalue weighted by Gasteiger charge is 2.09. The van der Waals surface area contributed by atoms with Crippen molar-refractivity contribution in [2.45, 2.75) is 13.8 Å². The van der Waals surface area contributed by atoms with Crippen LogP contribution in [0.3, 0.4) is 0 Å². The Morgan fingerprint density at radius 3 is 2.73 bits per heavy atom. The van der Waals surface area contributed by atoms with Crippen molar-refractivity contribution in [1.29, 1.82) is 0 Å². The molecule has 0 amide bonds. The zero-order valence-electron chi connectivity index (χ0n) is 9.53. The lowest BCUT2D eigenvalue weighted by atomic mass is 10.2. The van der Waals surface area contributed by atoms with Gasteiger partial charge < -0.3 is 14.7 Å². The molecule has 0 fully saturated rings. The fourth-order valence-corrected chi connectivity index (χ4v) is 1.47. The number of pyridine rings is 1. The van der Waals surface area contributed by atoms with Gasteiger partial charge in [-0.1, -0.05) is 6.07 Å². The van der Waals surface area contributed by atoms with E-state index in [1.807, 2.05) is 30.9 Å². The molecule has 0 aliphatic rings. The highest BCUT2D eigenvalue weighted by atomic mass is 16.5. The minimum atomic E-state index is 0.131. The van der Waals surface area contributed by atoms with Gasteiger partial charge in [-0.05, 0) is 19.4 Å². The molecule has 1 aromatic rings. The van der Waals surface area contributed by atoms with Crippen molar-refractivity contribution in [2.24, 2.45) is 0 Å². The Labute approximate surface area is 90.5 Å². The maximum Gasteiger partial charge on any atom is 0.214 e. The Morgan fingerprint density at radius 1 is 1.47 bits per heavy atom. The van der Waals surface area contributed by atoms with Gasteiger partial charge in [-0.3, -0.25) is 0 Å². The first-order valence-corrected chi connectivity index (χ1v) is 5.10. The molecule has 0 aliphatic carbocycles. The summed E-state index contributed by atoms with van der Waals surface area (Å²) in [6, 6.07) is 3.81. The van der Waals surface area contributed by atoms with E-state index in [9.17, 15) is 0 Å². The molecule has 0 saturated heterocycles. The van der Waals surface area contributed by atoms with E-state index in [-0.39, 0.29) is 6.61 Å². The summed E-state index contributed by atoms with van der Waals surface area (Å²) < 4.78 is 5.08. The van der Waals surface area contributed by atoms with Crippen molar-refractivity contribution in [1.82, 2.24) is 4.98 Å². The molecule has 0 saturated carbocycles. The second-order valence-electron chi connectivity index (χ2n) is 3.30. The van der Waals surface area contributed by atoms with Crippen molar-refractivity contribution in [2.75, 3.05) is 31.7 Å². The van der Waals surface area contributed by atoms with Crippen LogP contribution in [0.5, 0.6) is 5.88 Å². The summed E-state index contributed by atoms with van der Waals surface area (Å²) in [7, 11) is 1.60.